The Kier molecular flexibility index (Phi) is 25.4. The van der Waals surface area contributed by atoms with E-state index in [9.17, 15) is 44.1 Å². The maximum atomic E-state index is 14.7. The summed E-state index contributed by atoms with van der Waals surface area (Å²) in [5.74, 6) is -4.30. The number of aliphatic carboxylic acids is 1. The van der Waals surface area contributed by atoms with Crippen molar-refractivity contribution in [3.63, 3.8) is 0 Å². The van der Waals surface area contributed by atoms with Crippen LogP contribution in [0.1, 0.15) is 132 Å². The zero-order valence-corrected chi connectivity index (χ0v) is 46.8. The van der Waals surface area contributed by atoms with Gasteiger partial charge in [-0.1, -0.05) is 98.6 Å². The Labute approximate surface area is 435 Å². The van der Waals surface area contributed by atoms with Crippen molar-refractivity contribution in [2.75, 3.05) is 47.7 Å². The van der Waals surface area contributed by atoms with Gasteiger partial charge in [-0.3, -0.25) is 28.9 Å². The van der Waals surface area contributed by atoms with E-state index < -0.39 is 72.5 Å². The lowest BCUT2D eigenvalue weighted by molar-refractivity contribution is -0.148. The molecule has 2 saturated heterocycles. The number of carbonyl (C=O) groups excluding carboxylic acids is 5. The predicted octanol–water partition coefficient (Wildman–Crippen LogP) is 5.39. The van der Waals surface area contributed by atoms with Gasteiger partial charge in [0.1, 0.15) is 30.6 Å². The molecule has 18 heteroatoms. The third kappa shape index (κ3) is 16.1. The molecule has 5 unspecified atom stereocenters. The number of carboxylic acid groups (broad SMARTS) is 1. The van der Waals surface area contributed by atoms with Gasteiger partial charge in [-0.05, 0) is 68.6 Å². The smallest absolute Gasteiger partial charge is 0.326 e. The number of nitrogens with one attached hydrogen (secondary N) is 2. The Morgan fingerprint density at radius 2 is 1.57 bits per heavy atom. The van der Waals surface area contributed by atoms with Crippen molar-refractivity contribution >= 4 is 47.3 Å². The molecule has 0 saturated carbocycles. The number of benzene rings is 1. The maximum absolute atomic E-state index is 14.7. The van der Waals surface area contributed by atoms with Gasteiger partial charge in [0.05, 0.1) is 30.1 Å². The molecule has 0 bridgehead atoms. The van der Waals surface area contributed by atoms with E-state index in [1.165, 1.54) is 12.0 Å². The van der Waals surface area contributed by atoms with Crippen molar-refractivity contribution in [1.82, 2.24) is 30.2 Å². The molecule has 2 aliphatic rings. The third-order valence-corrected chi connectivity index (χ3v) is 17.4. The first-order chi connectivity index (χ1) is 33.9. The lowest BCUT2D eigenvalue weighted by Gasteiger charge is -2.42. The summed E-state index contributed by atoms with van der Waals surface area (Å²) >= 11 is 1.66. The van der Waals surface area contributed by atoms with Gasteiger partial charge < -0.3 is 50.1 Å². The number of unbranched alkanes of at least 4 members (excludes halogenated alkanes) is 2. The first-order valence-corrected chi connectivity index (χ1v) is 27.6. The molecule has 5 amide bonds. The zero-order valence-electron chi connectivity index (χ0n) is 46.0. The van der Waals surface area contributed by atoms with Gasteiger partial charge in [0.25, 0.3) is 0 Å². The van der Waals surface area contributed by atoms with Crippen LogP contribution in [0.15, 0.2) is 30.3 Å². The Morgan fingerprint density at radius 3 is 2.11 bits per heavy atom. The van der Waals surface area contributed by atoms with Crippen LogP contribution in [-0.4, -0.2) is 178 Å². The van der Waals surface area contributed by atoms with E-state index in [0.29, 0.717) is 51.6 Å². The van der Waals surface area contributed by atoms with E-state index in [1.807, 2.05) is 83.0 Å². The van der Waals surface area contributed by atoms with Crippen LogP contribution in [0.5, 0.6) is 0 Å². The topological polar surface area (TPSA) is 219 Å². The van der Waals surface area contributed by atoms with Crippen LogP contribution < -0.4 is 10.6 Å². The fourth-order valence-electron chi connectivity index (χ4n) is 10.9. The van der Waals surface area contributed by atoms with Crippen molar-refractivity contribution in [3.05, 3.63) is 35.9 Å². The second kappa shape index (κ2) is 29.3. The minimum absolute atomic E-state index is 0.0194. The number of rotatable bonds is 31. The van der Waals surface area contributed by atoms with Gasteiger partial charge in [0, 0.05) is 77.9 Å². The lowest BCUT2D eigenvalue weighted by Crippen LogP contribution is -2.60. The van der Waals surface area contributed by atoms with Crippen LogP contribution >= 0.6 is 11.8 Å². The molecule has 410 valence electrons. The maximum Gasteiger partial charge on any atom is 0.326 e. The van der Waals surface area contributed by atoms with Gasteiger partial charge in [-0.2, -0.15) is 11.8 Å². The molecule has 0 aliphatic carbocycles. The number of carbonyl (C=O) groups is 6. The van der Waals surface area contributed by atoms with E-state index in [-0.39, 0.29) is 71.4 Å². The van der Waals surface area contributed by atoms with Gasteiger partial charge in [-0.25, -0.2) is 4.79 Å². The van der Waals surface area contributed by atoms with Crippen LogP contribution in [0, 0.1) is 29.6 Å². The SMILES string of the molecule is CC[C@H](C)C([C@@H](CC(O)N1CCC[C@H]1[C@H](OC)[C@@H](C)C(=O)N[C@@H](Cc1ccccc1)C(=O)O)OC)N(C)C(=O)[C@@H](NC(=O)[C@H](C(C)C)N(C)C(=O)CCCCCN1C(=O)C(C(C)(CC)SC)CC1O)C(C)C. The fourth-order valence-corrected chi connectivity index (χ4v) is 11.7. The van der Waals surface area contributed by atoms with Crippen LogP contribution in [0.2, 0.25) is 0 Å². The highest BCUT2D eigenvalue weighted by Crippen LogP contribution is 2.42. The van der Waals surface area contributed by atoms with Gasteiger partial charge >= 0.3 is 5.97 Å². The molecule has 17 nitrogen and oxygen atoms in total. The molecule has 1 aromatic rings. The number of ether oxygens (including phenoxy) is 2. The highest BCUT2D eigenvalue weighted by molar-refractivity contribution is 8.00. The second-order valence-corrected chi connectivity index (χ2v) is 22.6. The molecule has 0 spiro atoms. The monoisotopic (exact) mass is 1030 g/mol. The average Bonchev–Trinajstić information content (AvgIpc) is 3.95. The van der Waals surface area contributed by atoms with Crippen LogP contribution in [0.4, 0.5) is 0 Å². The summed E-state index contributed by atoms with van der Waals surface area (Å²) in [6, 6.07) is 5.26. The number of aliphatic hydroxyl groups excluding tert-OH is 2. The predicted molar refractivity (Wildman–Crippen MR) is 282 cm³/mol. The molecule has 2 aliphatic heterocycles. The molecule has 0 aromatic heterocycles. The first-order valence-electron chi connectivity index (χ1n) is 26.4. The number of carboxylic acids is 1. The largest absolute Gasteiger partial charge is 0.480 e. The van der Waals surface area contributed by atoms with Gasteiger partial charge in [-0.15, -0.1) is 0 Å². The minimum atomic E-state index is -1.15. The van der Waals surface area contributed by atoms with Crippen molar-refractivity contribution < 1.29 is 53.6 Å². The zero-order chi connectivity index (χ0) is 54.2. The van der Waals surface area contributed by atoms with Crippen molar-refractivity contribution in [1.29, 1.82) is 0 Å². The number of likely N-dealkylation sites (tertiary alicyclic amines) is 2. The summed E-state index contributed by atoms with van der Waals surface area (Å²) in [5, 5.41) is 38.4. The summed E-state index contributed by atoms with van der Waals surface area (Å²) in [5.41, 5.74) is 0.777. The molecule has 72 heavy (non-hydrogen) atoms. The van der Waals surface area contributed by atoms with Crippen LogP contribution in [0.3, 0.4) is 0 Å². The standard InChI is InChI=1S/C54H92N6O11S/c1-15-35(7)47(41(70-12)32-44(63)59-29-23-26-40(59)48(71-13)36(8)49(64)55-39(53(68)69)30-37-24-19-17-20-25-37)58(11)52(67)45(33(3)4)56-50(65)46(34(5)6)57(10)42(61)27-21-18-22-28-60-43(62)31-38(51(60)66)54(9,16-2)72-14/h17,19-20,24-25,33-36,38-41,43-48,62-63H,15-16,18,21-23,26-32H2,1-14H3,(H,55,64)(H,56,65)(H,68,69)/t35-,36+,38?,39-,40-,41+,43?,44?,45-,46-,47?,48+,54?/m0/s1. The van der Waals surface area contributed by atoms with Gasteiger partial charge in [0.2, 0.25) is 29.5 Å². The Bertz CT molecular complexity index is 1890. The molecular weight excluding hydrogens is 941 g/mol. The number of nitrogens with zero attached hydrogens (tertiary/aromatic N) is 4. The average molecular weight is 1030 g/mol. The quantitative estimate of drug-likeness (QED) is 0.0590. The highest BCUT2D eigenvalue weighted by Gasteiger charge is 2.48. The number of amides is 5. The second-order valence-electron chi connectivity index (χ2n) is 21.2. The molecular formula is C54H92N6O11S. The Morgan fingerprint density at radius 1 is 0.917 bits per heavy atom. The summed E-state index contributed by atoms with van der Waals surface area (Å²) in [7, 11) is 6.37. The fraction of sp³-hybridized carbons (Fsp3) is 0.778. The van der Waals surface area contributed by atoms with Crippen molar-refractivity contribution in [2.24, 2.45) is 29.6 Å². The summed E-state index contributed by atoms with van der Waals surface area (Å²) < 4.78 is 11.8. The molecule has 2 heterocycles. The third-order valence-electron chi connectivity index (χ3n) is 15.9. The van der Waals surface area contributed by atoms with E-state index in [0.717, 1.165) is 18.4 Å². The Balaban J connectivity index is 1.68. The van der Waals surface area contributed by atoms with Crippen LogP contribution in [-0.2, 0) is 44.7 Å². The number of hydrogen-bond acceptors (Lipinski definition) is 12. The molecule has 3 rings (SSSR count). The molecule has 5 N–H and O–H groups in total. The summed E-state index contributed by atoms with van der Waals surface area (Å²) in [6.07, 6.45) is 4.37. The number of thioether (sulfide) groups is 1. The number of likely N-dealkylation sites (N-methyl/N-ethyl adjacent to an activating group) is 2. The van der Waals surface area contributed by atoms with E-state index in [4.69, 9.17) is 9.47 Å². The van der Waals surface area contributed by atoms with Gasteiger partial charge in [0.15, 0.2) is 0 Å². The van der Waals surface area contributed by atoms with Crippen LogP contribution in [0.25, 0.3) is 0 Å². The normalized spacial score (nSPS) is 22.1. The van der Waals surface area contributed by atoms with Crippen molar-refractivity contribution in [2.45, 2.75) is 193 Å². The molecule has 1 aromatic carbocycles. The highest BCUT2D eigenvalue weighted by atomic mass is 32.2. The van der Waals surface area contributed by atoms with E-state index in [1.54, 1.807) is 49.7 Å². The van der Waals surface area contributed by atoms with E-state index in [2.05, 4.69) is 24.5 Å². The van der Waals surface area contributed by atoms with E-state index >= 15 is 0 Å². The molecule has 13 atom stereocenters. The minimum Gasteiger partial charge on any atom is -0.480 e. The summed E-state index contributed by atoms with van der Waals surface area (Å²) in [6.45, 7) is 18.3. The first kappa shape index (κ1) is 62.5. The molecule has 2 fully saturated rings. The number of methoxy groups -OCH3 is 2. The Hall–Kier alpha value is -3.81. The molecule has 0 radical (unpaired) electrons. The van der Waals surface area contributed by atoms with Crippen molar-refractivity contribution in [3.8, 4) is 0 Å². The lowest BCUT2D eigenvalue weighted by atomic mass is 9.89. The number of aliphatic hydroxyl groups is 2. The summed E-state index contributed by atoms with van der Waals surface area (Å²) in [4.78, 5) is 88.2. The number of hydrogen-bond donors (Lipinski definition) is 5.